The van der Waals surface area contributed by atoms with Crippen LogP contribution in [0.2, 0.25) is 0 Å². The molecule has 0 fully saturated rings. The van der Waals surface area contributed by atoms with Gasteiger partial charge in [0.25, 0.3) is 0 Å². The minimum atomic E-state index is 0.594. The van der Waals surface area contributed by atoms with Crippen molar-refractivity contribution in [1.29, 1.82) is 0 Å². The predicted octanol–water partition coefficient (Wildman–Crippen LogP) is 1.78. The van der Waals surface area contributed by atoms with Crippen molar-refractivity contribution >= 4 is 16.3 Å². The van der Waals surface area contributed by atoms with E-state index in [1.807, 2.05) is 27.0 Å². The number of hydrogen-bond acceptors (Lipinski definition) is 7. The third kappa shape index (κ3) is 1.93. The molecular weight excluding hydrogens is 302 g/mol. The van der Waals surface area contributed by atoms with Gasteiger partial charge in [0.1, 0.15) is 5.76 Å². The molecule has 4 rings (SSSR count). The third-order valence-corrected chi connectivity index (χ3v) is 4.53. The van der Waals surface area contributed by atoms with Gasteiger partial charge in [-0.3, -0.25) is 4.68 Å². The highest BCUT2D eigenvalue weighted by molar-refractivity contribution is 7.19. The smallest absolute Gasteiger partial charge is 0.235 e. The van der Waals surface area contributed by atoms with Gasteiger partial charge in [0.05, 0.1) is 11.4 Å². The first-order valence-corrected chi connectivity index (χ1v) is 7.56. The number of hydrogen-bond donors (Lipinski definition) is 0. The first kappa shape index (κ1) is 13.1. The van der Waals surface area contributed by atoms with Crippen molar-refractivity contribution in [3.05, 3.63) is 35.1 Å². The number of aryl methyl sites for hydroxylation is 3. The summed E-state index contributed by atoms with van der Waals surface area (Å²) in [6, 6.07) is 1.93. The third-order valence-electron chi connectivity index (χ3n) is 3.61. The second-order valence-electron chi connectivity index (χ2n) is 5.04. The van der Waals surface area contributed by atoms with Gasteiger partial charge < -0.3 is 4.52 Å². The lowest BCUT2D eigenvalue weighted by Gasteiger charge is -1.97. The summed E-state index contributed by atoms with van der Waals surface area (Å²) >= 11 is 1.49. The normalized spacial score (nSPS) is 11.6. The van der Waals surface area contributed by atoms with Gasteiger partial charge in [-0.25, -0.2) is 0 Å². The van der Waals surface area contributed by atoms with Crippen LogP contribution in [0.25, 0.3) is 15.7 Å². The molecule has 8 nitrogen and oxygen atoms in total. The SMILES string of the molecule is Cc1noc(C)c1Cc1nnc2sc(-c3ccnn3C)nn12. The summed E-state index contributed by atoms with van der Waals surface area (Å²) in [5.74, 6) is 1.57. The minimum Gasteiger partial charge on any atom is -0.361 e. The molecule has 0 atom stereocenters. The van der Waals surface area contributed by atoms with Crippen molar-refractivity contribution in [2.75, 3.05) is 0 Å². The Morgan fingerprint density at radius 3 is 2.82 bits per heavy atom. The molecule has 112 valence electrons. The molecule has 0 saturated carbocycles. The molecule has 0 aliphatic carbocycles. The summed E-state index contributed by atoms with van der Waals surface area (Å²) in [6.07, 6.45) is 2.35. The molecule has 0 spiro atoms. The largest absolute Gasteiger partial charge is 0.361 e. The lowest BCUT2D eigenvalue weighted by Crippen LogP contribution is -2.00. The van der Waals surface area contributed by atoms with Crippen molar-refractivity contribution in [3.63, 3.8) is 0 Å². The van der Waals surface area contributed by atoms with Gasteiger partial charge in [0, 0.05) is 25.2 Å². The van der Waals surface area contributed by atoms with Gasteiger partial charge in [-0.05, 0) is 19.9 Å². The maximum absolute atomic E-state index is 5.20. The van der Waals surface area contributed by atoms with Crippen molar-refractivity contribution < 1.29 is 4.52 Å². The molecule has 0 aliphatic heterocycles. The maximum atomic E-state index is 5.20. The molecule has 9 heteroatoms. The zero-order valence-corrected chi connectivity index (χ0v) is 13.1. The lowest BCUT2D eigenvalue weighted by molar-refractivity contribution is 0.392. The van der Waals surface area contributed by atoms with Crippen LogP contribution in [0.15, 0.2) is 16.8 Å². The van der Waals surface area contributed by atoms with Crippen molar-refractivity contribution in [3.8, 4) is 10.7 Å². The van der Waals surface area contributed by atoms with Crippen LogP contribution >= 0.6 is 11.3 Å². The monoisotopic (exact) mass is 315 g/mol. The molecule has 0 unspecified atom stereocenters. The summed E-state index contributed by atoms with van der Waals surface area (Å²) in [6.45, 7) is 3.82. The Balaban J connectivity index is 1.77. The summed E-state index contributed by atoms with van der Waals surface area (Å²) in [5, 5.41) is 22.1. The van der Waals surface area contributed by atoms with E-state index in [-0.39, 0.29) is 0 Å². The fourth-order valence-corrected chi connectivity index (χ4v) is 3.28. The molecule has 0 aliphatic rings. The van der Waals surface area contributed by atoms with E-state index < -0.39 is 0 Å². The fourth-order valence-electron chi connectivity index (χ4n) is 2.37. The number of nitrogens with zero attached hydrogens (tertiary/aromatic N) is 7. The standard InChI is InChI=1S/C13H13N7OS/c1-7-9(8(2)21-18-7)6-11-15-16-13-20(11)17-12(22-13)10-4-5-14-19(10)3/h4-5H,6H2,1-3H3. The van der Waals surface area contributed by atoms with E-state index >= 15 is 0 Å². The summed E-state index contributed by atoms with van der Waals surface area (Å²) in [4.78, 5) is 0.762. The quantitative estimate of drug-likeness (QED) is 0.573. The molecule has 4 heterocycles. The molecule has 22 heavy (non-hydrogen) atoms. The van der Waals surface area contributed by atoms with E-state index in [4.69, 9.17) is 4.52 Å². The maximum Gasteiger partial charge on any atom is 0.235 e. The van der Waals surface area contributed by atoms with Crippen LogP contribution in [0.5, 0.6) is 0 Å². The van der Waals surface area contributed by atoms with Crippen LogP contribution in [-0.2, 0) is 13.5 Å². The van der Waals surface area contributed by atoms with Crippen LogP contribution in [0.1, 0.15) is 22.8 Å². The van der Waals surface area contributed by atoms with Gasteiger partial charge in [0.2, 0.25) is 4.96 Å². The van der Waals surface area contributed by atoms with Crippen LogP contribution in [0.4, 0.5) is 0 Å². The van der Waals surface area contributed by atoms with E-state index in [1.165, 1.54) is 11.3 Å². The topological polar surface area (TPSA) is 86.9 Å². The second-order valence-corrected chi connectivity index (χ2v) is 5.99. The molecule has 0 radical (unpaired) electrons. The highest BCUT2D eigenvalue weighted by Gasteiger charge is 2.18. The van der Waals surface area contributed by atoms with Crippen LogP contribution < -0.4 is 0 Å². The molecule has 4 aromatic rings. The van der Waals surface area contributed by atoms with Crippen molar-refractivity contribution in [1.82, 2.24) is 34.7 Å². The zero-order chi connectivity index (χ0) is 15.3. The Morgan fingerprint density at radius 1 is 1.27 bits per heavy atom. The molecule has 4 aromatic heterocycles. The highest BCUT2D eigenvalue weighted by atomic mass is 32.1. The zero-order valence-electron chi connectivity index (χ0n) is 12.3. The molecule has 0 N–H and O–H groups in total. The second kappa shape index (κ2) is 4.73. The molecule has 0 bridgehead atoms. The Labute approximate surface area is 129 Å². The molecule has 0 amide bonds. The molecule has 0 saturated heterocycles. The van der Waals surface area contributed by atoms with E-state index in [1.54, 1.807) is 15.4 Å². The molecule has 0 aromatic carbocycles. The van der Waals surface area contributed by atoms with Gasteiger partial charge in [-0.1, -0.05) is 16.5 Å². The Morgan fingerprint density at radius 2 is 2.14 bits per heavy atom. The van der Waals surface area contributed by atoms with Gasteiger partial charge in [0.15, 0.2) is 10.8 Å². The summed E-state index contributed by atoms with van der Waals surface area (Å²) in [7, 11) is 1.89. The van der Waals surface area contributed by atoms with Gasteiger partial charge in [-0.15, -0.1) is 10.2 Å². The summed E-state index contributed by atoms with van der Waals surface area (Å²) < 4.78 is 8.77. The highest BCUT2D eigenvalue weighted by Crippen LogP contribution is 2.25. The first-order valence-electron chi connectivity index (χ1n) is 6.74. The lowest BCUT2D eigenvalue weighted by atomic mass is 10.1. The average Bonchev–Trinajstić information content (AvgIpc) is 3.21. The van der Waals surface area contributed by atoms with Gasteiger partial charge >= 0.3 is 0 Å². The van der Waals surface area contributed by atoms with E-state index in [0.717, 1.165) is 38.5 Å². The average molecular weight is 315 g/mol. The minimum absolute atomic E-state index is 0.594. The van der Waals surface area contributed by atoms with Crippen molar-refractivity contribution in [2.24, 2.45) is 7.05 Å². The van der Waals surface area contributed by atoms with E-state index in [2.05, 4.69) is 25.6 Å². The van der Waals surface area contributed by atoms with Crippen LogP contribution in [0.3, 0.4) is 0 Å². The van der Waals surface area contributed by atoms with Gasteiger partial charge in [-0.2, -0.15) is 14.7 Å². The fraction of sp³-hybridized carbons (Fsp3) is 0.308. The first-order chi connectivity index (χ1) is 10.6. The Hall–Kier alpha value is -2.55. The Bertz CT molecular complexity index is 941. The Kier molecular flexibility index (Phi) is 2.83. The molecular formula is C13H13N7OS. The summed E-state index contributed by atoms with van der Waals surface area (Å²) in [5.41, 5.74) is 2.86. The number of fused-ring (bicyclic) bond motifs is 1. The van der Waals surface area contributed by atoms with E-state index in [9.17, 15) is 0 Å². The van der Waals surface area contributed by atoms with Crippen LogP contribution in [-0.4, -0.2) is 34.7 Å². The number of rotatable bonds is 3. The predicted molar refractivity (Wildman–Crippen MR) is 79.6 cm³/mol. The van der Waals surface area contributed by atoms with Crippen LogP contribution in [0, 0.1) is 13.8 Å². The van der Waals surface area contributed by atoms with E-state index in [0.29, 0.717) is 6.42 Å². The number of aromatic nitrogens is 7. The van der Waals surface area contributed by atoms with Crippen molar-refractivity contribution in [2.45, 2.75) is 20.3 Å².